The van der Waals surface area contributed by atoms with Gasteiger partial charge in [0, 0.05) is 31.8 Å². The number of nitrogens with two attached hydrogens (primary N) is 1. The molecule has 2 fully saturated rings. The van der Waals surface area contributed by atoms with E-state index in [4.69, 9.17) is 5.73 Å². The smallest absolute Gasteiger partial charge is 0.249 e. The monoisotopic (exact) mass is 237 g/mol. The van der Waals surface area contributed by atoms with Crippen molar-refractivity contribution < 1.29 is 9.59 Å². The molecular weight excluding hydrogens is 218 g/mol. The van der Waals surface area contributed by atoms with Crippen molar-refractivity contribution in [3.05, 3.63) is 11.1 Å². The number of carbonyl (C=O) groups is 2. The standard InChI is InChI=1S/C12H19N3O2/c1-8(9-5-14-6-9)10(16)15-4-3-12(2,7-15)11(13)17/h14H,3-7H2,1-2H3,(H2,13,17). The summed E-state index contributed by atoms with van der Waals surface area (Å²) in [6.45, 7) is 6.36. The molecule has 1 unspecified atom stereocenters. The summed E-state index contributed by atoms with van der Waals surface area (Å²) in [4.78, 5) is 25.2. The van der Waals surface area contributed by atoms with Crippen molar-refractivity contribution >= 4 is 11.8 Å². The molecule has 0 bridgehead atoms. The van der Waals surface area contributed by atoms with Crippen molar-refractivity contribution in [1.82, 2.24) is 10.2 Å². The Kier molecular flexibility index (Phi) is 2.95. The van der Waals surface area contributed by atoms with Gasteiger partial charge in [-0.3, -0.25) is 9.59 Å². The minimum atomic E-state index is -0.557. The Bertz CT molecular complexity index is 397. The molecular formula is C12H19N3O2. The van der Waals surface area contributed by atoms with Gasteiger partial charge in [0.15, 0.2) is 0 Å². The summed E-state index contributed by atoms with van der Waals surface area (Å²) in [5, 5.41) is 3.12. The van der Waals surface area contributed by atoms with E-state index in [0.29, 0.717) is 19.5 Å². The van der Waals surface area contributed by atoms with Gasteiger partial charge in [0.05, 0.1) is 5.41 Å². The fourth-order valence-corrected chi connectivity index (χ4v) is 2.24. The second-order valence-electron chi connectivity index (χ2n) is 5.23. The van der Waals surface area contributed by atoms with Gasteiger partial charge in [-0.25, -0.2) is 0 Å². The van der Waals surface area contributed by atoms with E-state index in [1.807, 2.05) is 13.8 Å². The third-order valence-electron chi connectivity index (χ3n) is 3.88. The first-order valence-corrected chi connectivity index (χ1v) is 5.92. The van der Waals surface area contributed by atoms with Gasteiger partial charge in [-0.2, -0.15) is 0 Å². The number of nitrogens with one attached hydrogen (secondary N) is 1. The lowest BCUT2D eigenvalue weighted by Crippen LogP contribution is -2.41. The van der Waals surface area contributed by atoms with Crippen molar-refractivity contribution in [2.75, 3.05) is 26.2 Å². The Hall–Kier alpha value is -1.36. The molecule has 0 saturated carbocycles. The molecule has 17 heavy (non-hydrogen) atoms. The fraction of sp³-hybridized carbons (Fsp3) is 0.667. The number of primary amides is 1. The van der Waals surface area contributed by atoms with E-state index in [0.717, 1.165) is 18.7 Å². The lowest BCUT2D eigenvalue weighted by molar-refractivity contribution is -0.128. The van der Waals surface area contributed by atoms with E-state index in [1.54, 1.807) is 4.90 Å². The number of hydrogen-bond acceptors (Lipinski definition) is 3. The first-order chi connectivity index (χ1) is 7.94. The van der Waals surface area contributed by atoms with Crippen molar-refractivity contribution in [3.63, 3.8) is 0 Å². The fourth-order valence-electron chi connectivity index (χ4n) is 2.24. The molecule has 0 aromatic rings. The molecule has 0 spiro atoms. The Morgan fingerprint density at radius 2 is 2.06 bits per heavy atom. The molecule has 0 aromatic carbocycles. The average Bonchev–Trinajstić information content (AvgIpc) is 2.58. The maximum absolute atomic E-state index is 12.2. The van der Waals surface area contributed by atoms with E-state index in [1.165, 1.54) is 5.57 Å². The first kappa shape index (κ1) is 12.1. The SMILES string of the molecule is CC(C(=O)N1CCC(C)(C(N)=O)C1)=C1CNC1. The summed E-state index contributed by atoms with van der Waals surface area (Å²) in [6.07, 6.45) is 0.662. The predicted molar refractivity (Wildman–Crippen MR) is 64.1 cm³/mol. The number of hydrogen-bond donors (Lipinski definition) is 2. The molecule has 0 aromatic heterocycles. The van der Waals surface area contributed by atoms with Gasteiger partial charge >= 0.3 is 0 Å². The lowest BCUT2D eigenvalue weighted by atomic mass is 9.89. The predicted octanol–water partition coefficient (Wildman–Crippen LogP) is -0.370. The van der Waals surface area contributed by atoms with Crippen molar-refractivity contribution in [2.24, 2.45) is 11.1 Å². The Balaban J connectivity index is 2.06. The van der Waals surface area contributed by atoms with E-state index >= 15 is 0 Å². The van der Waals surface area contributed by atoms with Gasteiger partial charge in [-0.05, 0) is 25.8 Å². The van der Waals surface area contributed by atoms with Crippen LogP contribution in [0, 0.1) is 5.41 Å². The molecule has 5 nitrogen and oxygen atoms in total. The van der Waals surface area contributed by atoms with Gasteiger partial charge in [-0.15, -0.1) is 0 Å². The highest BCUT2D eigenvalue weighted by atomic mass is 16.2. The summed E-state index contributed by atoms with van der Waals surface area (Å²) in [6, 6.07) is 0. The Morgan fingerprint density at radius 3 is 2.47 bits per heavy atom. The first-order valence-electron chi connectivity index (χ1n) is 5.92. The van der Waals surface area contributed by atoms with E-state index in [9.17, 15) is 9.59 Å². The van der Waals surface area contributed by atoms with Crippen LogP contribution < -0.4 is 11.1 Å². The summed E-state index contributed by atoms with van der Waals surface area (Å²) in [7, 11) is 0. The zero-order chi connectivity index (χ0) is 12.6. The Labute approximate surface area is 101 Å². The second kappa shape index (κ2) is 4.14. The molecule has 2 saturated heterocycles. The third kappa shape index (κ3) is 2.07. The minimum absolute atomic E-state index is 0.0477. The minimum Gasteiger partial charge on any atom is -0.369 e. The van der Waals surface area contributed by atoms with Crippen molar-refractivity contribution in [1.29, 1.82) is 0 Å². The molecule has 1 atom stereocenters. The number of nitrogens with zero attached hydrogens (tertiary/aromatic N) is 1. The normalized spacial score (nSPS) is 27.9. The van der Waals surface area contributed by atoms with Crippen LogP contribution in [0.5, 0.6) is 0 Å². The molecule has 2 amide bonds. The van der Waals surface area contributed by atoms with Gasteiger partial charge < -0.3 is 16.0 Å². The molecule has 0 radical (unpaired) electrons. The molecule has 5 heteroatoms. The summed E-state index contributed by atoms with van der Waals surface area (Å²) >= 11 is 0. The summed E-state index contributed by atoms with van der Waals surface area (Å²) < 4.78 is 0. The van der Waals surface area contributed by atoms with Crippen LogP contribution in [0.3, 0.4) is 0 Å². The van der Waals surface area contributed by atoms with E-state index in [2.05, 4.69) is 5.32 Å². The lowest BCUT2D eigenvalue weighted by Gasteiger charge is -2.25. The van der Waals surface area contributed by atoms with Crippen LogP contribution in [-0.4, -0.2) is 42.9 Å². The van der Waals surface area contributed by atoms with Crippen LogP contribution in [0.15, 0.2) is 11.1 Å². The van der Waals surface area contributed by atoms with Crippen molar-refractivity contribution in [3.8, 4) is 0 Å². The third-order valence-corrected chi connectivity index (χ3v) is 3.88. The van der Waals surface area contributed by atoms with Crippen LogP contribution in [0.1, 0.15) is 20.3 Å². The highest BCUT2D eigenvalue weighted by Crippen LogP contribution is 2.30. The van der Waals surface area contributed by atoms with Crippen LogP contribution >= 0.6 is 0 Å². The van der Waals surface area contributed by atoms with Crippen LogP contribution in [0.25, 0.3) is 0 Å². The zero-order valence-electron chi connectivity index (χ0n) is 10.4. The maximum Gasteiger partial charge on any atom is 0.249 e. The highest BCUT2D eigenvalue weighted by Gasteiger charge is 2.41. The number of likely N-dealkylation sites (tertiary alicyclic amines) is 1. The van der Waals surface area contributed by atoms with E-state index in [-0.39, 0.29) is 11.8 Å². The van der Waals surface area contributed by atoms with E-state index < -0.39 is 5.41 Å². The number of rotatable bonds is 2. The van der Waals surface area contributed by atoms with Gasteiger partial charge in [0.1, 0.15) is 0 Å². The quantitative estimate of drug-likeness (QED) is 0.643. The topological polar surface area (TPSA) is 75.4 Å². The largest absolute Gasteiger partial charge is 0.369 e. The maximum atomic E-state index is 12.2. The van der Waals surface area contributed by atoms with Gasteiger partial charge in [0.2, 0.25) is 11.8 Å². The van der Waals surface area contributed by atoms with Crippen LogP contribution in [0.4, 0.5) is 0 Å². The van der Waals surface area contributed by atoms with Crippen LogP contribution in [0.2, 0.25) is 0 Å². The number of carbonyl (C=O) groups excluding carboxylic acids is 2. The molecule has 2 aliphatic rings. The van der Waals surface area contributed by atoms with Gasteiger partial charge in [-0.1, -0.05) is 0 Å². The van der Waals surface area contributed by atoms with Crippen molar-refractivity contribution in [2.45, 2.75) is 20.3 Å². The molecule has 2 heterocycles. The zero-order valence-corrected chi connectivity index (χ0v) is 10.4. The second-order valence-corrected chi connectivity index (χ2v) is 5.23. The molecule has 2 rings (SSSR count). The molecule has 3 N–H and O–H groups in total. The molecule has 2 aliphatic heterocycles. The van der Waals surface area contributed by atoms with Gasteiger partial charge in [0.25, 0.3) is 0 Å². The molecule has 0 aliphatic carbocycles. The molecule has 94 valence electrons. The van der Waals surface area contributed by atoms with Crippen LogP contribution in [-0.2, 0) is 9.59 Å². The Morgan fingerprint density at radius 1 is 1.41 bits per heavy atom. The highest BCUT2D eigenvalue weighted by molar-refractivity contribution is 5.95. The average molecular weight is 237 g/mol. The number of amides is 2. The summed E-state index contributed by atoms with van der Waals surface area (Å²) in [5.41, 5.74) is 6.80. The summed E-state index contributed by atoms with van der Waals surface area (Å²) in [5.74, 6) is -0.269.